The zero-order valence-corrected chi connectivity index (χ0v) is 17.7. The number of nitrogens with one attached hydrogen (secondary N) is 1. The Hall–Kier alpha value is -2.92. The van der Waals surface area contributed by atoms with Gasteiger partial charge < -0.3 is 5.32 Å². The second kappa shape index (κ2) is 7.97. The molecule has 1 aliphatic heterocycles. The maximum Gasteiger partial charge on any atom is 0.234 e. The van der Waals surface area contributed by atoms with Gasteiger partial charge in [0.1, 0.15) is 0 Å². The standard InChI is InChI=1S/C25H23ClN2O3/c26-18-10-12-19(13-11-18)27-21(29)14-20(15-4-2-1-3-5-15)28-24(30)22-16-6-7-17(9-8-16)23(22)25(28)31/h1-7,10-13,16-17,20,22-23H,8-9,14H2,(H,27,29). The third kappa shape index (κ3) is 3.57. The number of anilines is 1. The van der Waals surface area contributed by atoms with Crippen molar-refractivity contribution in [2.45, 2.75) is 25.3 Å². The van der Waals surface area contributed by atoms with Gasteiger partial charge in [-0.15, -0.1) is 0 Å². The molecular formula is C25H23ClN2O3. The van der Waals surface area contributed by atoms with Crippen molar-refractivity contribution in [3.63, 3.8) is 0 Å². The van der Waals surface area contributed by atoms with Gasteiger partial charge in [-0.2, -0.15) is 0 Å². The van der Waals surface area contributed by atoms with Crippen LogP contribution in [-0.4, -0.2) is 22.6 Å². The van der Waals surface area contributed by atoms with Crippen molar-refractivity contribution in [3.05, 3.63) is 77.3 Å². The zero-order chi connectivity index (χ0) is 21.5. The number of amides is 3. The number of allylic oxidation sites excluding steroid dienone is 2. The summed E-state index contributed by atoms with van der Waals surface area (Å²) in [6.07, 6.45) is 6.11. The predicted octanol–water partition coefficient (Wildman–Crippen LogP) is 4.61. The van der Waals surface area contributed by atoms with Gasteiger partial charge in [-0.1, -0.05) is 54.1 Å². The maximum atomic E-state index is 13.5. The fourth-order valence-electron chi connectivity index (χ4n) is 5.36. The van der Waals surface area contributed by atoms with Crippen LogP contribution in [0.15, 0.2) is 66.7 Å². The fourth-order valence-corrected chi connectivity index (χ4v) is 5.48. The molecule has 6 rings (SSSR count). The lowest BCUT2D eigenvalue weighted by atomic mass is 9.63. The molecule has 5 unspecified atom stereocenters. The lowest BCUT2D eigenvalue weighted by Crippen LogP contribution is -2.38. The topological polar surface area (TPSA) is 66.5 Å². The maximum absolute atomic E-state index is 13.5. The van der Waals surface area contributed by atoms with Crippen LogP contribution in [0, 0.1) is 23.7 Å². The molecule has 3 amide bonds. The van der Waals surface area contributed by atoms with Crippen molar-refractivity contribution in [2.75, 3.05) is 5.32 Å². The molecule has 0 spiro atoms. The van der Waals surface area contributed by atoms with E-state index in [-0.39, 0.29) is 47.8 Å². The van der Waals surface area contributed by atoms with E-state index in [0.29, 0.717) is 10.7 Å². The largest absolute Gasteiger partial charge is 0.326 e. The van der Waals surface area contributed by atoms with Crippen LogP contribution < -0.4 is 5.32 Å². The molecule has 0 radical (unpaired) electrons. The molecule has 0 aromatic heterocycles. The molecule has 6 heteroatoms. The van der Waals surface area contributed by atoms with Gasteiger partial charge in [-0.25, -0.2) is 0 Å². The summed E-state index contributed by atoms with van der Waals surface area (Å²) in [5.74, 6) is -0.868. The third-order valence-electron chi connectivity index (χ3n) is 6.80. The van der Waals surface area contributed by atoms with E-state index in [0.717, 1.165) is 18.4 Å². The Morgan fingerprint density at radius 3 is 2.06 bits per heavy atom. The molecule has 1 saturated heterocycles. The number of fused-ring (bicyclic) bond motifs is 1. The molecule has 1 heterocycles. The van der Waals surface area contributed by atoms with Crippen LogP contribution >= 0.6 is 11.6 Å². The Labute approximate surface area is 186 Å². The van der Waals surface area contributed by atoms with Crippen LogP contribution in [-0.2, 0) is 14.4 Å². The zero-order valence-electron chi connectivity index (χ0n) is 16.9. The van der Waals surface area contributed by atoms with Gasteiger partial charge in [0.2, 0.25) is 17.7 Å². The van der Waals surface area contributed by atoms with Crippen LogP contribution in [0.5, 0.6) is 0 Å². The Morgan fingerprint density at radius 2 is 1.52 bits per heavy atom. The van der Waals surface area contributed by atoms with Crippen LogP contribution in [0.1, 0.15) is 30.9 Å². The molecule has 5 atom stereocenters. The van der Waals surface area contributed by atoms with Crippen molar-refractivity contribution in [1.29, 1.82) is 0 Å². The van der Waals surface area contributed by atoms with Gasteiger partial charge in [0, 0.05) is 10.7 Å². The first-order chi connectivity index (χ1) is 15.0. The molecule has 158 valence electrons. The average Bonchev–Trinajstić information content (AvgIpc) is 3.07. The Bertz CT molecular complexity index is 1020. The molecule has 1 saturated carbocycles. The molecule has 4 aliphatic rings. The first-order valence-corrected chi connectivity index (χ1v) is 11.1. The van der Waals surface area contributed by atoms with Gasteiger partial charge in [-0.05, 0) is 54.5 Å². The predicted molar refractivity (Wildman–Crippen MR) is 118 cm³/mol. The number of carbonyl (C=O) groups excluding carboxylic acids is 3. The van der Waals surface area contributed by atoms with Crippen molar-refractivity contribution in [3.8, 4) is 0 Å². The SMILES string of the molecule is O=C(CC(c1ccccc1)N1C(=O)C2C3C=CC(CC3)C2C1=O)Nc1ccc(Cl)cc1. The number of carbonyl (C=O) groups is 3. The highest BCUT2D eigenvalue weighted by Gasteiger charge is 2.58. The number of benzene rings is 2. The number of rotatable bonds is 5. The summed E-state index contributed by atoms with van der Waals surface area (Å²) in [7, 11) is 0. The van der Waals surface area contributed by atoms with Crippen molar-refractivity contribution in [2.24, 2.45) is 23.7 Å². The number of hydrogen-bond donors (Lipinski definition) is 1. The van der Waals surface area contributed by atoms with Gasteiger partial charge in [-0.3, -0.25) is 19.3 Å². The van der Waals surface area contributed by atoms with E-state index in [1.807, 2.05) is 30.3 Å². The van der Waals surface area contributed by atoms with E-state index < -0.39 is 6.04 Å². The summed E-state index contributed by atoms with van der Waals surface area (Å²) in [5.41, 5.74) is 1.41. The first-order valence-electron chi connectivity index (χ1n) is 10.7. The van der Waals surface area contributed by atoms with Crippen molar-refractivity contribution < 1.29 is 14.4 Å². The normalized spacial score (nSPS) is 27.3. The molecule has 2 aromatic rings. The summed E-state index contributed by atoms with van der Waals surface area (Å²) in [5, 5.41) is 3.44. The first kappa shape index (κ1) is 20.0. The van der Waals surface area contributed by atoms with Crippen LogP contribution in [0.3, 0.4) is 0 Å². The van der Waals surface area contributed by atoms with Gasteiger partial charge in [0.25, 0.3) is 0 Å². The molecular weight excluding hydrogens is 412 g/mol. The van der Waals surface area contributed by atoms with Gasteiger partial charge >= 0.3 is 0 Å². The Balaban J connectivity index is 1.43. The molecule has 31 heavy (non-hydrogen) atoms. The van der Waals surface area contributed by atoms with E-state index in [1.165, 1.54) is 4.90 Å². The summed E-state index contributed by atoms with van der Waals surface area (Å²) < 4.78 is 0. The molecule has 2 bridgehead atoms. The fraction of sp³-hybridized carbons (Fsp3) is 0.320. The smallest absolute Gasteiger partial charge is 0.234 e. The van der Waals surface area contributed by atoms with Crippen molar-refractivity contribution >= 4 is 35.0 Å². The molecule has 2 fully saturated rings. The lowest BCUT2D eigenvalue weighted by Gasteiger charge is -2.38. The summed E-state index contributed by atoms with van der Waals surface area (Å²) in [4.78, 5) is 41.2. The second-order valence-electron chi connectivity index (χ2n) is 8.57. The highest BCUT2D eigenvalue weighted by atomic mass is 35.5. The van der Waals surface area contributed by atoms with E-state index in [2.05, 4.69) is 17.5 Å². The Morgan fingerprint density at radius 1 is 0.935 bits per heavy atom. The molecule has 2 aromatic carbocycles. The van der Waals surface area contributed by atoms with Crippen molar-refractivity contribution in [1.82, 2.24) is 4.90 Å². The quantitative estimate of drug-likeness (QED) is 0.552. The Kier molecular flexibility index (Phi) is 5.14. The van der Waals surface area contributed by atoms with E-state index in [4.69, 9.17) is 11.6 Å². The highest BCUT2D eigenvalue weighted by Crippen LogP contribution is 2.51. The van der Waals surface area contributed by atoms with Crippen LogP contribution in [0.4, 0.5) is 5.69 Å². The summed E-state index contributed by atoms with van der Waals surface area (Å²) in [6.45, 7) is 0. The summed E-state index contributed by atoms with van der Waals surface area (Å²) in [6, 6.07) is 15.6. The third-order valence-corrected chi connectivity index (χ3v) is 7.05. The minimum absolute atomic E-state index is 0.00627. The average molecular weight is 435 g/mol. The molecule has 5 nitrogen and oxygen atoms in total. The number of halogens is 1. The van der Waals surface area contributed by atoms with E-state index >= 15 is 0 Å². The molecule has 3 aliphatic carbocycles. The monoisotopic (exact) mass is 434 g/mol. The van der Waals surface area contributed by atoms with E-state index in [1.54, 1.807) is 24.3 Å². The van der Waals surface area contributed by atoms with Crippen LogP contribution in [0.2, 0.25) is 5.02 Å². The lowest BCUT2D eigenvalue weighted by molar-refractivity contribution is -0.143. The highest BCUT2D eigenvalue weighted by molar-refractivity contribution is 6.30. The van der Waals surface area contributed by atoms with E-state index in [9.17, 15) is 14.4 Å². The number of nitrogens with zero attached hydrogens (tertiary/aromatic N) is 1. The second-order valence-corrected chi connectivity index (χ2v) is 9.01. The number of likely N-dealkylation sites (tertiary alicyclic amines) is 1. The minimum atomic E-state index is -0.626. The number of imide groups is 1. The van der Waals surface area contributed by atoms with Gasteiger partial charge in [0.05, 0.1) is 24.3 Å². The summed E-state index contributed by atoms with van der Waals surface area (Å²) >= 11 is 5.92. The minimum Gasteiger partial charge on any atom is -0.326 e. The van der Waals surface area contributed by atoms with Crippen LogP contribution in [0.25, 0.3) is 0 Å². The molecule has 1 N–H and O–H groups in total. The van der Waals surface area contributed by atoms with Gasteiger partial charge in [0.15, 0.2) is 0 Å². The number of hydrogen-bond acceptors (Lipinski definition) is 3.